The molecule has 1 fully saturated rings. The fourth-order valence-corrected chi connectivity index (χ4v) is 3.46. The molecule has 2 aromatic heterocycles. The average molecular weight is 349 g/mol. The molecule has 0 spiro atoms. The quantitative estimate of drug-likeness (QED) is 0.850. The minimum absolute atomic E-state index is 0.116. The number of hydrogen-bond donors (Lipinski definition) is 1. The van der Waals surface area contributed by atoms with Crippen LogP contribution in [0, 0.1) is 5.92 Å². The number of carbonyl (C=O) groups is 1. The third kappa shape index (κ3) is 4.40. The average Bonchev–Trinajstić information content (AvgIpc) is 3.22. The maximum Gasteiger partial charge on any atom is 0.270 e. The lowest BCUT2D eigenvalue weighted by molar-refractivity contribution is 0.0317. The zero-order chi connectivity index (χ0) is 16.9. The van der Waals surface area contributed by atoms with Crippen LogP contribution in [0.5, 0.6) is 0 Å². The van der Waals surface area contributed by atoms with Crippen LogP contribution in [-0.2, 0) is 11.8 Å². The molecule has 1 aliphatic rings. The van der Waals surface area contributed by atoms with Gasteiger partial charge in [0.15, 0.2) is 0 Å². The van der Waals surface area contributed by atoms with E-state index in [2.05, 4.69) is 27.2 Å². The molecule has 3 rings (SSSR count). The highest BCUT2D eigenvalue weighted by molar-refractivity contribution is 7.13. The molecule has 1 amide bonds. The number of ether oxygens (including phenoxy) is 1. The van der Waals surface area contributed by atoms with E-state index in [0.717, 1.165) is 43.4 Å². The molecule has 24 heavy (non-hydrogen) atoms. The number of aromatic nitrogens is 3. The Kier molecular flexibility index (Phi) is 5.60. The van der Waals surface area contributed by atoms with E-state index in [1.807, 2.05) is 13.2 Å². The van der Waals surface area contributed by atoms with E-state index in [0.29, 0.717) is 18.2 Å². The van der Waals surface area contributed by atoms with Gasteiger partial charge in [-0.2, -0.15) is 5.10 Å². The number of morpholine rings is 1. The van der Waals surface area contributed by atoms with Gasteiger partial charge in [-0.3, -0.25) is 14.4 Å². The number of nitrogens with one attached hydrogen (secondary N) is 1. The summed E-state index contributed by atoms with van der Waals surface area (Å²) in [6.45, 7) is 7.32. The van der Waals surface area contributed by atoms with Crippen LogP contribution in [0.2, 0.25) is 0 Å². The van der Waals surface area contributed by atoms with Crippen molar-refractivity contribution in [2.24, 2.45) is 13.0 Å². The second kappa shape index (κ2) is 7.87. The molecule has 0 aromatic carbocycles. The van der Waals surface area contributed by atoms with Crippen LogP contribution in [0.1, 0.15) is 17.4 Å². The van der Waals surface area contributed by atoms with Gasteiger partial charge in [-0.05, 0) is 5.92 Å². The SMILES string of the molecule is CC(CNC(=O)c1csc(-c2cnn(C)c2)n1)CN1CCOCC1. The van der Waals surface area contributed by atoms with Gasteiger partial charge in [0.05, 0.1) is 19.4 Å². The standard InChI is InChI=1S/C16H23N5O2S/c1-12(9-21-3-5-23-6-4-21)7-17-15(22)14-11-24-16(19-14)13-8-18-20(2)10-13/h8,10-12H,3-7,9H2,1-2H3,(H,17,22). The molecule has 1 saturated heterocycles. The van der Waals surface area contributed by atoms with E-state index in [4.69, 9.17) is 4.74 Å². The van der Waals surface area contributed by atoms with Crippen molar-refractivity contribution >= 4 is 17.2 Å². The Labute approximate surface area is 145 Å². The molecule has 7 nitrogen and oxygen atoms in total. The van der Waals surface area contributed by atoms with Crippen molar-refractivity contribution in [2.75, 3.05) is 39.4 Å². The summed E-state index contributed by atoms with van der Waals surface area (Å²) in [4.78, 5) is 19.1. The lowest BCUT2D eigenvalue weighted by Crippen LogP contribution is -2.41. The van der Waals surface area contributed by atoms with E-state index in [1.165, 1.54) is 11.3 Å². The fourth-order valence-electron chi connectivity index (χ4n) is 2.69. The number of nitrogens with zero attached hydrogens (tertiary/aromatic N) is 4. The molecule has 2 aromatic rings. The first-order valence-corrected chi connectivity index (χ1v) is 9.02. The van der Waals surface area contributed by atoms with Gasteiger partial charge in [0, 0.05) is 50.4 Å². The second-order valence-electron chi connectivity index (χ2n) is 6.17. The summed E-state index contributed by atoms with van der Waals surface area (Å²) in [5.41, 5.74) is 1.40. The zero-order valence-corrected chi connectivity index (χ0v) is 14.9. The van der Waals surface area contributed by atoms with Gasteiger partial charge in [-0.15, -0.1) is 11.3 Å². The second-order valence-corrected chi connectivity index (χ2v) is 7.03. The fraction of sp³-hybridized carbons (Fsp3) is 0.562. The number of aryl methyl sites for hydroxylation is 1. The van der Waals surface area contributed by atoms with Gasteiger partial charge in [-0.1, -0.05) is 6.92 Å². The monoisotopic (exact) mass is 349 g/mol. The van der Waals surface area contributed by atoms with E-state index >= 15 is 0 Å². The molecule has 1 unspecified atom stereocenters. The molecule has 1 aliphatic heterocycles. The normalized spacial score (nSPS) is 16.9. The number of carbonyl (C=O) groups excluding carboxylic acids is 1. The van der Waals surface area contributed by atoms with Crippen molar-refractivity contribution < 1.29 is 9.53 Å². The van der Waals surface area contributed by atoms with Crippen LogP contribution in [0.15, 0.2) is 17.8 Å². The molecule has 8 heteroatoms. The zero-order valence-electron chi connectivity index (χ0n) is 14.1. The summed E-state index contributed by atoms with van der Waals surface area (Å²) in [5.74, 6) is 0.277. The van der Waals surface area contributed by atoms with Crippen LogP contribution in [0.4, 0.5) is 0 Å². The Morgan fingerprint density at radius 3 is 2.96 bits per heavy atom. The number of thiazole rings is 1. The maximum atomic E-state index is 12.3. The minimum atomic E-state index is -0.116. The Hall–Kier alpha value is -1.77. The summed E-state index contributed by atoms with van der Waals surface area (Å²) in [6, 6.07) is 0. The Bertz CT molecular complexity index is 678. The van der Waals surface area contributed by atoms with Gasteiger partial charge in [0.25, 0.3) is 5.91 Å². The van der Waals surface area contributed by atoms with Crippen molar-refractivity contribution in [1.82, 2.24) is 25.0 Å². The molecule has 0 aliphatic carbocycles. The lowest BCUT2D eigenvalue weighted by atomic mass is 10.1. The van der Waals surface area contributed by atoms with Crippen molar-refractivity contribution in [3.63, 3.8) is 0 Å². The number of hydrogen-bond acceptors (Lipinski definition) is 6. The highest BCUT2D eigenvalue weighted by atomic mass is 32.1. The van der Waals surface area contributed by atoms with Gasteiger partial charge < -0.3 is 10.1 Å². The van der Waals surface area contributed by atoms with E-state index in [-0.39, 0.29) is 5.91 Å². The third-order valence-corrected chi connectivity index (χ3v) is 4.86. The van der Waals surface area contributed by atoms with Crippen molar-refractivity contribution in [3.05, 3.63) is 23.5 Å². The first-order chi connectivity index (χ1) is 11.6. The van der Waals surface area contributed by atoms with Gasteiger partial charge in [0.2, 0.25) is 0 Å². The van der Waals surface area contributed by atoms with E-state index < -0.39 is 0 Å². The maximum absolute atomic E-state index is 12.3. The van der Waals surface area contributed by atoms with Crippen LogP contribution in [0.25, 0.3) is 10.6 Å². The molecule has 130 valence electrons. The highest BCUT2D eigenvalue weighted by Crippen LogP contribution is 2.22. The molecule has 1 atom stereocenters. The Morgan fingerprint density at radius 2 is 2.25 bits per heavy atom. The topological polar surface area (TPSA) is 72.3 Å². The molecule has 0 radical (unpaired) electrons. The van der Waals surface area contributed by atoms with Crippen molar-refractivity contribution in [1.29, 1.82) is 0 Å². The largest absolute Gasteiger partial charge is 0.379 e. The first-order valence-electron chi connectivity index (χ1n) is 8.14. The molecule has 0 bridgehead atoms. The van der Waals surface area contributed by atoms with Crippen LogP contribution < -0.4 is 5.32 Å². The van der Waals surface area contributed by atoms with E-state index in [9.17, 15) is 4.79 Å². The van der Waals surface area contributed by atoms with Gasteiger partial charge in [0.1, 0.15) is 10.7 Å². The van der Waals surface area contributed by atoms with Crippen molar-refractivity contribution in [3.8, 4) is 10.6 Å². The number of rotatable bonds is 6. The smallest absolute Gasteiger partial charge is 0.270 e. The third-order valence-electron chi connectivity index (χ3n) is 3.97. The highest BCUT2D eigenvalue weighted by Gasteiger charge is 2.16. The lowest BCUT2D eigenvalue weighted by Gasteiger charge is -2.29. The summed E-state index contributed by atoms with van der Waals surface area (Å²) in [7, 11) is 1.86. The van der Waals surface area contributed by atoms with Crippen molar-refractivity contribution in [2.45, 2.75) is 6.92 Å². The first kappa shape index (κ1) is 17.1. The van der Waals surface area contributed by atoms with Gasteiger partial charge in [-0.25, -0.2) is 4.98 Å². The summed E-state index contributed by atoms with van der Waals surface area (Å²) in [6.07, 6.45) is 3.65. The summed E-state index contributed by atoms with van der Waals surface area (Å²) >= 11 is 1.46. The Morgan fingerprint density at radius 1 is 1.46 bits per heavy atom. The minimum Gasteiger partial charge on any atom is -0.379 e. The summed E-state index contributed by atoms with van der Waals surface area (Å²) < 4.78 is 7.08. The Balaban J connectivity index is 1.49. The van der Waals surface area contributed by atoms with Gasteiger partial charge >= 0.3 is 0 Å². The van der Waals surface area contributed by atoms with Crippen LogP contribution in [0.3, 0.4) is 0 Å². The summed E-state index contributed by atoms with van der Waals surface area (Å²) in [5, 5.41) is 9.73. The van der Waals surface area contributed by atoms with Crippen LogP contribution in [-0.4, -0.2) is 65.0 Å². The molecule has 1 N–H and O–H groups in total. The van der Waals surface area contributed by atoms with Crippen LogP contribution >= 0.6 is 11.3 Å². The molecular formula is C16H23N5O2S. The molecule has 3 heterocycles. The predicted octanol–water partition coefficient (Wildman–Crippen LogP) is 1.24. The number of amides is 1. The predicted molar refractivity (Wildman–Crippen MR) is 93.1 cm³/mol. The molecular weight excluding hydrogens is 326 g/mol. The molecule has 0 saturated carbocycles. The van der Waals surface area contributed by atoms with E-state index in [1.54, 1.807) is 16.3 Å².